The Hall–Kier alpha value is -1.71. The van der Waals surface area contributed by atoms with Crippen molar-refractivity contribution in [1.29, 1.82) is 0 Å². The molecule has 0 aliphatic heterocycles. The molecule has 0 aromatic heterocycles. The maximum Gasteiger partial charge on any atom is 0.261 e. The van der Waals surface area contributed by atoms with E-state index >= 15 is 0 Å². The number of amides is 1. The molecule has 2 rings (SSSR count). The van der Waals surface area contributed by atoms with E-state index in [-0.39, 0.29) is 5.91 Å². The molecule has 1 atom stereocenters. The van der Waals surface area contributed by atoms with Crippen LogP contribution in [0.1, 0.15) is 24.5 Å². The Morgan fingerprint density at radius 2 is 1.91 bits per heavy atom. The molecule has 1 amide bonds. The van der Waals surface area contributed by atoms with Gasteiger partial charge in [-0.2, -0.15) is 0 Å². The van der Waals surface area contributed by atoms with Gasteiger partial charge in [-0.1, -0.05) is 54.4 Å². The van der Waals surface area contributed by atoms with Gasteiger partial charge in [0.25, 0.3) is 5.91 Å². The van der Waals surface area contributed by atoms with Crippen molar-refractivity contribution in [3.05, 3.63) is 63.6 Å². The molecule has 1 unspecified atom stereocenters. The molecule has 0 spiro atoms. The van der Waals surface area contributed by atoms with Crippen LogP contribution in [0.15, 0.2) is 42.5 Å². The van der Waals surface area contributed by atoms with E-state index in [1.807, 2.05) is 38.1 Å². The number of carbonyl (C=O) groups excluding carboxylic acids is 1. The zero-order valence-electron chi connectivity index (χ0n) is 13.1. The van der Waals surface area contributed by atoms with Crippen LogP contribution in [0.3, 0.4) is 0 Å². The number of rotatable bonds is 6. The molecule has 0 bridgehead atoms. The lowest BCUT2D eigenvalue weighted by Crippen LogP contribution is -2.37. The molecule has 0 radical (unpaired) electrons. The lowest BCUT2D eigenvalue weighted by Gasteiger charge is -2.18. The van der Waals surface area contributed by atoms with Gasteiger partial charge in [-0.15, -0.1) is 0 Å². The van der Waals surface area contributed by atoms with Crippen LogP contribution in [0.25, 0.3) is 0 Å². The standard InChI is InChI=1S/C18H19Cl2NO2/c1-3-17(23-14-8-9-15(19)16(20)10-14)18(22)21-11-13-7-5-4-6-12(13)2/h4-10,17H,3,11H2,1-2H3,(H,21,22). The molecular weight excluding hydrogens is 333 g/mol. The number of benzene rings is 2. The van der Waals surface area contributed by atoms with E-state index in [2.05, 4.69) is 5.32 Å². The van der Waals surface area contributed by atoms with Crippen molar-refractivity contribution in [2.75, 3.05) is 0 Å². The van der Waals surface area contributed by atoms with Gasteiger partial charge in [0, 0.05) is 12.6 Å². The first-order valence-electron chi connectivity index (χ1n) is 7.45. The minimum absolute atomic E-state index is 0.151. The molecular formula is C18H19Cl2NO2. The molecule has 1 N–H and O–H groups in total. The first-order valence-corrected chi connectivity index (χ1v) is 8.20. The Kier molecular flexibility index (Phi) is 6.31. The summed E-state index contributed by atoms with van der Waals surface area (Å²) in [4.78, 5) is 12.3. The summed E-state index contributed by atoms with van der Waals surface area (Å²) in [5.41, 5.74) is 2.23. The predicted octanol–water partition coefficient (Wildman–Crippen LogP) is 4.78. The van der Waals surface area contributed by atoms with Crippen molar-refractivity contribution in [2.24, 2.45) is 0 Å². The van der Waals surface area contributed by atoms with Crippen molar-refractivity contribution in [2.45, 2.75) is 32.9 Å². The monoisotopic (exact) mass is 351 g/mol. The normalized spacial score (nSPS) is 11.8. The molecule has 3 nitrogen and oxygen atoms in total. The van der Waals surface area contributed by atoms with Gasteiger partial charge in [-0.25, -0.2) is 0 Å². The number of halogens is 2. The van der Waals surface area contributed by atoms with Crippen LogP contribution in [0.2, 0.25) is 10.0 Å². The van der Waals surface area contributed by atoms with E-state index < -0.39 is 6.10 Å². The van der Waals surface area contributed by atoms with Gasteiger partial charge in [0.1, 0.15) is 5.75 Å². The van der Waals surface area contributed by atoms with E-state index in [0.29, 0.717) is 28.8 Å². The van der Waals surface area contributed by atoms with Crippen molar-refractivity contribution in [3.63, 3.8) is 0 Å². The van der Waals surface area contributed by atoms with Crippen molar-refractivity contribution < 1.29 is 9.53 Å². The maximum absolute atomic E-state index is 12.3. The third kappa shape index (κ3) is 4.88. The minimum atomic E-state index is -0.573. The fraction of sp³-hybridized carbons (Fsp3) is 0.278. The van der Waals surface area contributed by atoms with Crippen molar-refractivity contribution in [1.82, 2.24) is 5.32 Å². The molecule has 0 saturated heterocycles. The van der Waals surface area contributed by atoms with Gasteiger partial charge >= 0.3 is 0 Å². The highest BCUT2D eigenvalue weighted by molar-refractivity contribution is 6.42. The zero-order chi connectivity index (χ0) is 16.8. The van der Waals surface area contributed by atoms with Crippen LogP contribution in [0.5, 0.6) is 5.75 Å². The van der Waals surface area contributed by atoms with E-state index in [1.165, 1.54) is 0 Å². The lowest BCUT2D eigenvalue weighted by molar-refractivity contribution is -0.128. The Morgan fingerprint density at radius 1 is 1.17 bits per heavy atom. The van der Waals surface area contributed by atoms with E-state index in [4.69, 9.17) is 27.9 Å². The number of nitrogens with one attached hydrogen (secondary N) is 1. The second-order valence-corrected chi connectivity index (χ2v) is 6.05. The van der Waals surface area contributed by atoms with Gasteiger partial charge in [-0.05, 0) is 36.6 Å². The number of carbonyl (C=O) groups is 1. The molecule has 0 heterocycles. The summed E-state index contributed by atoms with van der Waals surface area (Å²) in [7, 11) is 0. The highest BCUT2D eigenvalue weighted by Crippen LogP contribution is 2.27. The summed E-state index contributed by atoms with van der Waals surface area (Å²) in [6.45, 7) is 4.40. The Bertz CT molecular complexity index is 688. The number of hydrogen-bond donors (Lipinski definition) is 1. The quantitative estimate of drug-likeness (QED) is 0.813. The number of hydrogen-bond acceptors (Lipinski definition) is 2. The highest BCUT2D eigenvalue weighted by Gasteiger charge is 2.18. The smallest absolute Gasteiger partial charge is 0.261 e. The van der Waals surface area contributed by atoms with Crippen LogP contribution < -0.4 is 10.1 Å². The van der Waals surface area contributed by atoms with E-state index in [0.717, 1.165) is 11.1 Å². The largest absolute Gasteiger partial charge is 0.481 e. The fourth-order valence-electron chi connectivity index (χ4n) is 2.14. The molecule has 0 aliphatic carbocycles. The average molecular weight is 352 g/mol. The van der Waals surface area contributed by atoms with Gasteiger partial charge in [0.05, 0.1) is 10.0 Å². The third-order valence-corrected chi connectivity index (χ3v) is 4.29. The summed E-state index contributed by atoms with van der Waals surface area (Å²) < 4.78 is 5.72. The number of ether oxygens (including phenoxy) is 1. The second-order valence-electron chi connectivity index (χ2n) is 5.23. The van der Waals surface area contributed by atoms with Crippen LogP contribution in [-0.2, 0) is 11.3 Å². The van der Waals surface area contributed by atoms with Gasteiger partial charge in [0.15, 0.2) is 6.10 Å². The maximum atomic E-state index is 12.3. The Balaban J connectivity index is 1.98. The second kappa shape index (κ2) is 8.23. The Labute approximate surface area is 146 Å². The fourth-order valence-corrected chi connectivity index (χ4v) is 2.43. The van der Waals surface area contributed by atoms with Crippen LogP contribution in [0.4, 0.5) is 0 Å². The van der Waals surface area contributed by atoms with Crippen LogP contribution >= 0.6 is 23.2 Å². The topological polar surface area (TPSA) is 38.3 Å². The molecule has 122 valence electrons. The molecule has 23 heavy (non-hydrogen) atoms. The molecule has 5 heteroatoms. The zero-order valence-corrected chi connectivity index (χ0v) is 14.6. The summed E-state index contributed by atoms with van der Waals surface area (Å²) >= 11 is 11.8. The highest BCUT2D eigenvalue weighted by atomic mass is 35.5. The molecule has 0 saturated carbocycles. The van der Waals surface area contributed by atoms with Crippen molar-refractivity contribution >= 4 is 29.1 Å². The summed E-state index contributed by atoms with van der Waals surface area (Å²) in [6.07, 6.45) is -0.0175. The van der Waals surface area contributed by atoms with Gasteiger partial charge in [0.2, 0.25) is 0 Å². The SMILES string of the molecule is CCC(Oc1ccc(Cl)c(Cl)c1)C(=O)NCc1ccccc1C. The van der Waals surface area contributed by atoms with Crippen molar-refractivity contribution in [3.8, 4) is 5.75 Å². The molecule has 2 aromatic rings. The average Bonchev–Trinajstić information content (AvgIpc) is 2.54. The van der Waals surface area contributed by atoms with Gasteiger partial charge < -0.3 is 10.1 Å². The summed E-state index contributed by atoms with van der Waals surface area (Å²) in [5, 5.41) is 3.77. The lowest BCUT2D eigenvalue weighted by atomic mass is 10.1. The van der Waals surface area contributed by atoms with Crippen LogP contribution in [0, 0.1) is 6.92 Å². The number of aryl methyl sites for hydroxylation is 1. The van der Waals surface area contributed by atoms with E-state index in [9.17, 15) is 4.79 Å². The summed E-state index contributed by atoms with van der Waals surface area (Å²) in [5.74, 6) is 0.374. The molecule has 2 aromatic carbocycles. The Morgan fingerprint density at radius 3 is 2.57 bits per heavy atom. The molecule has 0 aliphatic rings. The van der Waals surface area contributed by atoms with Gasteiger partial charge in [-0.3, -0.25) is 4.79 Å². The first-order chi connectivity index (χ1) is 11.0. The minimum Gasteiger partial charge on any atom is -0.481 e. The molecule has 0 fully saturated rings. The van der Waals surface area contributed by atoms with E-state index in [1.54, 1.807) is 18.2 Å². The summed E-state index contributed by atoms with van der Waals surface area (Å²) in [6, 6.07) is 12.9. The third-order valence-electron chi connectivity index (χ3n) is 3.55. The predicted molar refractivity (Wildman–Crippen MR) is 94.2 cm³/mol. The first kappa shape index (κ1) is 17.6. The van der Waals surface area contributed by atoms with Crippen LogP contribution in [-0.4, -0.2) is 12.0 Å².